The van der Waals surface area contributed by atoms with Crippen molar-refractivity contribution in [3.05, 3.63) is 60.2 Å². The lowest BCUT2D eigenvalue weighted by Gasteiger charge is -2.20. The summed E-state index contributed by atoms with van der Waals surface area (Å²) in [7, 11) is 0.535. The van der Waals surface area contributed by atoms with Crippen molar-refractivity contribution < 1.29 is 18.0 Å². The molecular formula is C16H18N2O4S. The second-order valence-corrected chi connectivity index (χ2v) is 6.79. The van der Waals surface area contributed by atoms with Crippen molar-refractivity contribution >= 4 is 21.6 Å². The number of hydroxylamine groups is 2. The molecule has 6 nitrogen and oxygen atoms in total. The zero-order valence-electron chi connectivity index (χ0n) is 13.1. The van der Waals surface area contributed by atoms with Crippen molar-refractivity contribution in [3.8, 4) is 0 Å². The summed E-state index contributed by atoms with van der Waals surface area (Å²) in [5, 5.41) is 1.03. The SMILES string of the molecule is CON(C)C(=O)c1cccc(S(=O)(=O)N(C)c2ccccc2)c1. The quantitative estimate of drug-likeness (QED) is 0.786. The van der Waals surface area contributed by atoms with E-state index in [4.69, 9.17) is 4.84 Å². The lowest BCUT2D eigenvalue weighted by atomic mass is 10.2. The highest BCUT2D eigenvalue weighted by Crippen LogP contribution is 2.22. The number of rotatable bonds is 5. The maximum Gasteiger partial charge on any atom is 0.277 e. The third-order valence-electron chi connectivity index (χ3n) is 3.42. The molecule has 0 fully saturated rings. The molecule has 0 unspecified atom stereocenters. The van der Waals surface area contributed by atoms with E-state index in [1.807, 2.05) is 6.07 Å². The van der Waals surface area contributed by atoms with Crippen LogP contribution in [0.2, 0.25) is 0 Å². The number of para-hydroxylation sites is 1. The lowest BCUT2D eigenvalue weighted by Crippen LogP contribution is -2.28. The van der Waals surface area contributed by atoms with Gasteiger partial charge in [0.2, 0.25) is 0 Å². The average Bonchev–Trinajstić information content (AvgIpc) is 2.60. The van der Waals surface area contributed by atoms with Gasteiger partial charge in [-0.25, -0.2) is 13.5 Å². The summed E-state index contributed by atoms with van der Waals surface area (Å²) in [4.78, 5) is 17.0. The second-order valence-electron chi connectivity index (χ2n) is 4.82. The molecule has 0 atom stereocenters. The topological polar surface area (TPSA) is 66.9 Å². The minimum atomic E-state index is -3.76. The summed E-state index contributed by atoms with van der Waals surface area (Å²) in [6, 6.07) is 14.6. The number of carbonyl (C=O) groups excluding carboxylic acids is 1. The fourth-order valence-corrected chi connectivity index (χ4v) is 3.23. The number of hydrogen-bond acceptors (Lipinski definition) is 4. The number of hydrogen-bond donors (Lipinski definition) is 0. The predicted molar refractivity (Wildman–Crippen MR) is 87.6 cm³/mol. The molecule has 0 aliphatic carbocycles. The Hall–Kier alpha value is -2.38. The molecule has 0 saturated carbocycles. The summed E-state index contributed by atoms with van der Waals surface area (Å²) >= 11 is 0. The van der Waals surface area contributed by atoms with E-state index in [0.717, 1.165) is 5.06 Å². The van der Waals surface area contributed by atoms with E-state index in [2.05, 4.69) is 0 Å². The van der Waals surface area contributed by atoms with Crippen LogP contribution in [-0.4, -0.2) is 40.6 Å². The molecule has 122 valence electrons. The van der Waals surface area contributed by atoms with Crippen LogP contribution in [0.1, 0.15) is 10.4 Å². The zero-order valence-corrected chi connectivity index (χ0v) is 13.9. The van der Waals surface area contributed by atoms with Gasteiger partial charge in [0.25, 0.3) is 15.9 Å². The maximum absolute atomic E-state index is 12.7. The van der Waals surface area contributed by atoms with Crippen LogP contribution in [0.3, 0.4) is 0 Å². The first-order valence-electron chi connectivity index (χ1n) is 6.84. The highest BCUT2D eigenvalue weighted by Gasteiger charge is 2.23. The normalized spacial score (nSPS) is 11.1. The van der Waals surface area contributed by atoms with Gasteiger partial charge in [-0.05, 0) is 30.3 Å². The fourth-order valence-electron chi connectivity index (χ4n) is 1.99. The number of nitrogens with zero attached hydrogens (tertiary/aromatic N) is 2. The van der Waals surface area contributed by atoms with E-state index in [0.29, 0.717) is 5.69 Å². The summed E-state index contributed by atoms with van der Waals surface area (Å²) < 4.78 is 26.6. The number of anilines is 1. The Morgan fingerprint density at radius 1 is 1.00 bits per heavy atom. The Bertz CT molecular complexity index is 791. The van der Waals surface area contributed by atoms with Crippen molar-refractivity contribution in [3.63, 3.8) is 0 Å². The molecule has 7 heteroatoms. The molecule has 0 heterocycles. The molecule has 0 bridgehead atoms. The van der Waals surface area contributed by atoms with Gasteiger partial charge in [0.15, 0.2) is 0 Å². The van der Waals surface area contributed by atoms with Gasteiger partial charge in [0.1, 0.15) is 0 Å². The van der Waals surface area contributed by atoms with Gasteiger partial charge < -0.3 is 0 Å². The molecule has 0 radical (unpaired) electrons. The van der Waals surface area contributed by atoms with Crippen molar-refractivity contribution in [1.29, 1.82) is 0 Å². The Kier molecular flexibility index (Phi) is 5.02. The van der Waals surface area contributed by atoms with E-state index < -0.39 is 15.9 Å². The number of sulfonamides is 1. The number of amides is 1. The standard InChI is InChI=1S/C16H18N2O4S/c1-17(22-3)16(19)13-8-7-11-15(12-13)23(20,21)18(2)14-9-5-4-6-10-14/h4-12H,1-3H3. The van der Waals surface area contributed by atoms with Gasteiger partial charge >= 0.3 is 0 Å². The smallest absolute Gasteiger partial charge is 0.274 e. The van der Waals surface area contributed by atoms with Crippen LogP contribution in [0.4, 0.5) is 5.69 Å². The van der Waals surface area contributed by atoms with Crippen LogP contribution in [0, 0.1) is 0 Å². The minimum Gasteiger partial charge on any atom is -0.274 e. The van der Waals surface area contributed by atoms with Crippen molar-refractivity contribution in [2.75, 3.05) is 25.5 Å². The Morgan fingerprint density at radius 3 is 2.26 bits per heavy atom. The van der Waals surface area contributed by atoms with E-state index in [1.165, 1.54) is 43.7 Å². The molecular weight excluding hydrogens is 316 g/mol. The molecule has 2 aromatic carbocycles. The molecule has 0 saturated heterocycles. The molecule has 0 aliphatic heterocycles. The van der Waals surface area contributed by atoms with E-state index >= 15 is 0 Å². The van der Waals surface area contributed by atoms with Crippen LogP contribution in [0.5, 0.6) is 0 Å². The summed E-state index contributed by atoms with van der Waals surface area (Å²) in [5.74, 6) is -0.424. The largest absolute Gasteiger partial charge is 0.277 e. The molecule has 0 N–H and O–H groups in total. The predicted octanol–water partition coefficient (Wildman–Crippen LogP) is 2.15. The van der Waals surface area contributed by atoms with E-state index in [-0.39, 0.29) is 10.5 Å². The third kappa shape index (κ3) is 3.52. The van der Waals surface area contributed by atoms with Crippen molar-refractivity contribution in [2.24, 2.45) is 0 Å². The monoisotopic (exact) mass is 334 g/mol. The van der Waals surface area contributed by atoms with Gasteiger partial charge in [0.05, 0.1) is 17.7 Å². The van der Waals surface area contributed by atoms with Gasteiger partial charge in [-0.2, -0.15) is 0 Å². The van der Waals surface area contributed by atoms with E-state index in [1.54, 1.807) is 30.3 Å². The molecule has 23 heavy (non-hydrogen) atoms. The highest BCUT2D eigenvalue weighted by atomic mass is 32.2. The number of carbonyl (C=O) groups is 1. The summed E-state index contributed by atoms with van der Waals surface area (Å²) in [6.45, 7) is 0. The molecule has 2 rings (SSSR count). The molecule has 2 aromatic rings. The Morgan fingerprint density at radius 2 is 1.65 bits per heavy atom. The molecule has 0 spiro atoms. The number of benzene rings is 2. The second kappa shape index (κ2) is 6.80. The summed E-state index contributed by atoms with van der Waals surface area (Å²) in [5.41, 5.74) is 0.773. The zero-order chi connectivity index (χ0) is 17.0. The van der Waals surface area contributed by atoms with Crippen molar-refractivity contribution in [1.82, 2.24) is 5.06 Å². The molecule has 0 aromatic heterocycles. The van der Waals surface area contributed by atoms with Crippen LogP contribution < -0.4 is 4.31 Å². The van der Waals surface area contributed by atoms with Gasteiger partial charge in [-0.3, -0.25) is 13.9 Å². The van der Waals surface area contributed by atoms with Crippen LogP contribution >= 0.6 is 0 Å². The van der Waals surface area contributed by atoms with Crippen LogP contribution in [-0.2, 0) is 14.9 Å². The molecule has 1 amide bonds. The third-order valence-corrected chi connectivity index (χ3v) is 5.20. The van der Waals surface area contributed by atoms with Gasteiger partial charge in [-0.1, -0.05) is 24.3 Å². The lowest BCUT2D eigenvalue weighted by molar-refractivity contribution is -0.0757. The van der Waals surface area contributed by atoms with Crippen LogP contribution in [0.25, 0.3) is 0 Å². The fraction of sp³-hybridized carbons (Fsp3) is 0.188. The minimum absolute atomic E-state index is 0.0409. The first-order chi connectivity index (χ1) is 10.9. The first kappa shape index (κ1) is 17.0. The Labute approximate surface area is 135 Å². The average molecular weight is 334 g/mol. The van der Waals surface area contributed by atoms with Crippen LogP contribution in [0.15, 0.2) is 59.5 Å². The van der Waals surface area contributed by atoms with Crippen molar-refractivity contribution in [2.45, 2.75) is 4.90 Å². The first-order valence-corrected chi connectivity index (χ1v) is 8.28. The highest BCUT2D eigenvalue weighted by molar-refractivity contribution is 7.92. The van der Waals surface area contributed by atoms with E-state index in [9.17, 15) is 13.2 Å². The molecule has 0 aliphatic rings. The maximum atomic E-state index is 12.7. The van der Waals surface area contributed by atoms with Gasteiger partial charge in [0, 0.05) is 19.7 Å². The van der Waals surface area contributed by atoms with Gasteiger partial charge in [-0.15, -0.1) is 0 Å². The summed E-state index contributed by atoms with van der Waals surface area (Å²) in [6.07, 6.45) is 0. The Balaban J connectivity index is 2.39.